The lowest BCUT2D eigenvalue weighted by Crippen LogP contribution is -2.45. The summed E-state index contributed by atoms with van der Waals surface area (Å²) < 4.78 is 0. The summed E-state index contributed by atoms with van der Waals surface area (Å²) in [5.74, 6) is 0. The zero-order valence-electron chi connectivity index (χ0n) is 9.53. The van der Waals surface area contributed by atoms with E-state index in [9.17, 15) is 0 Å². The summed E-state index contributed by atoms with van der Waals surface area (Å²) in [7, 11) is 4.26. The Bertz CT molecular complexity index is 302. The molecule has 0 aromatic carbocycles. The summed E-state index contributed by atoms with van der Waals surface area (Å²) in [6.45, 7) is 2.17. The number of rotatable bonds is 3. The van der Waals surface area contributed by atoms with Gasteiger partial charge in [0.1, 0.15) is 0 Å². The summed E-state index contributed by atoms with van der Waals surface area (Å²) in [6.07, 6.45) is 6.24. The lowest BCUT2D eigenvalue weighted by molar-refractivity contribution is 0.260. The van der Waals surface area contributed by atoms with Gasteiger partial charge in [0.2, 0.25) is 0 Å². The van der Waals surface area contributed by atoms with Gasteiger partial charge in [-0.25, -0.2) is 0 Å². The number of aromatic nitrogens is 1. The Hall–Kier alpha value is -0.930. The van der Waals surface area contributed by atoms with E-state index in [2.05, 4.69) is 41.4 Å². The van der Waals surface area contributed by atoms with Crippen LogP contribution in [0.25, 0.3) is 0 Å². The first kappa shape index (κ1) is 10.6. The van der Waals surface area contributed by atoms with E-state index in [0.29, 0.717) is 0 Å². The van der Waals surface area contributed by atoms with E-state index < -0.39 is 0 Å². The minimum absolute atomic E-state index is 0.145. The fourth-order valence-electron chi connectivity index (χ4n) is 2.49. The summed E-state index contributed by atoms with van der Waals surface area (Å²) in [4.78, 5) is 6.33. The zero-order valence-corrected chi connectivity index (χ0v) is 9.53. The van der Waals surface area contributed by atoms with Crippen LogP contribution in [0.4, 0.5) is 0 Å². The molecule has 0 radical (unpaired) electrons. The molecule has 82 valence electrons. The van der Waals surface area contributed by atoms with Crippen molar-refractivity contribution in [1.82, 2.24) is 15.2 Å². The molecule has 15 heavy (non-hydrogen) atoms. The molecule has 0 bridgehead atoms. The van der Waals surface area contributed by atoms with Crippen molar-refractivity contribution in [3.05, 3.63) is 30.1 Å². The van der Waals surface area contributed by atoms with Crippen LogP contribution < -0.4 is 5.32 Å². The summed E-state index contributed by atoms with van der Waals surface area (Å²) in [5.41, 5.74) is 1.51. The van der Waals surface area contributed by atoms with E-state index in [1.807, 2.05) is 12.4 Å². The first-order valence-electron chi connectivity index (χ1n) is 5.53. The molecule has 1 atom stereocenters. The molecule has 0 amide bonds. The van der Waals surface area contributed by atoms with Gasteiger partial charge in [-0.1, -0.05) is 0 Å². The first-order valence-corrected chi connectivity index (χ1v) is 5.53. The first-order chi connectivity index (χ1) is 7.23. The second-order valence-corrected chi connectivity index (χ2v) is 4.59. The SMILES string of the molecule is CN(C)CC1(c2ccncc2)CCCN1. The highest BCUT2D eigenvalue weighted by Crippen LogP contribution is 2.30. The van der Waals surface area contributed by atoms with E-state index in [4.69, 9.17) is 0 Å². The molecule has 1 aliphatic heterocycles. The molecule has 1 unspecified atom stereocenters. The summed E-state index contributed by atoms with van der Waals surface area (Å²) >= 11 is 0. The van der Waals surface area contributed by atoms with Gasteiger partial charge in [0.15, 0.2) is 0 Å². The lowest BCUT2D eigenvalue weighted by atomic mass is 9.88. The molecular formula is C12H19N3. The van der Waals surface area contributed by atoms with Crippen LogP contribution in [0.1, 0.15) is 18.4 Å². The fraction of sp³-hybridized carbons (Fsp3) is 0.583. The van der Waals surface area contributed by atoms with Crippen molar-refractivity contribution < 1.29 is 0 Å². The average molecular weight is 205 g/mol. The van der Waals surface area contributed by atoms with Crippen LogP contribution in [0.3, 0.4) is 0 Å². The maximum absolute atomic E-state index is 4.09. The van der Waals surface area contributed by atoms with E-state index >= 15 is 0 Å². The highest BCUT2D eigenvalue weighted by molar-refractivity contribution is 5.24. The van der Waals surface area contributed by atoms with Gasteiger partial charge in [-0.2, -0.15) is 0 Å². The van der Waals surface area contributed by atoms with Gasteiger partial charge in [0, 0.05) is 18.9 Å². The maximum atomic E-state index is 4.09. The molecule has 3 nitrogen and oxygen atoms in total. The third-order valence-electron chi connectivity index (χ3n) is 3.06. The number of likely N-dealkylation sites (N-methyl/N-ethyl adjacent to an activating group) is 1. The monoisotopic (exact) mass is 205 g/mol. The average Bonchev–Trinajstić information content (AvgIpc) is 2.68. The van der Waals surface area contributed by atoms with Crippen LogP contribution in [0.5, 0.6) is 0 Å². The van der Waals surface area contributed by atoms with Crippen LogP contribution in [0.15, 0.2) is 24.5 Å². The van der Waals surface area contributed by atoms with Crippen LogP contribution in [-0.2, 0) is 5.54 Å². The largest absolute Gasteiger partial charge is 0.307 e. The van der Waals surface area contributed by atoms with Gasteiger partial charge in [-0.3, -0.25) is 4.98 Å². The Morgan fingerprint density at radius 3 is 2.67 bits per heavy atom. The topological polar surface area (TPSA) is 28.2 Å². The van der Waals surface area contributed by atoms with Crippen molar-refractivity contribution in [1.29, 1.82) is 0 Å². The Morgan fingerprint density at radius 2 is 2.13 bits per heavy atom. The predicted octanol–water partition coefficient (Wildman–Crippen LogP) is 1.22. The van der Waals surface area contributed by atoms with E-state index in [1.54, 1.807) is 0 Å². The highest BCUT2D eigenvalue weighted by atomic mass is 15.1. The molecule has 1 N–H and O–H groups in total. The lowest BCUT2D eigenvalue weighted by Gasteiger charge is -2.33. The quantitative estimate of drug-likeness (QED) is 0.804. The molecule has 0 saturated carbocycles. The molecule has 1 fully saturated rings. The Balaban J connectivity index is 2.26. The van der Waals surface area contributed by atoms with Crippen LogP contribution in [-0.4, -0.2) is 37.1 Å². The number of pyridine rings is 1. The molecule has 1 aromatic rings. The van der Waals surface area contributed by atoms with E-state index in [1.165, 1.54) is 18.4 Å². The van der Waals surface area contributed by atoms with Crippen molar-refractivity contribution >= 4 is 0 Å². The molecule has 1 saturated heterocycles. The highest BCUT2D eigenvalue weighted by Gasteiger charge is 2.35. The summed E-state index contributed by atoms with van der Waals surface area (Å²) in [5, 5.41) is 3.65. The number of hydrogen-bond acceptors (Lipinski definition) is 3. The minimum atomic E-state index is 0.145. The summed E-state index contributed by atoms with van der Waals surface area (Å²) in [6, 6.07) is 4.25. The Morgan fingerprint density at radius 1 is 1.40 bits per heavy atom. The molecule has 1 aromatic heterocycles. The van der Waals surface area contributed by atoms with E-state index in [0.717, 1.165) is 13.1 Å². The smallest absolute Gasteiger partial charge is 0.0564 e. The minimum Gasteiger partial charge on any atom is -0.307 e. The second kappa shape index (κ2) is 4.29. The third-order valence-corrected chi connectivity index (χ3v) is 3.06. The van der Waals surface area contributed by atoms with Crippen LogP contribution in [0.2, 0.25) is 0 Å². The van der Waals surface area contributed by atoms with Crippen molar-refractivity contribution in [2.24, 2.45) is 0 Å². The molecular weight excluding hydrogens is 186 g/mol. The van der Waals surface area contributed by atoms with Gasteiger partial charge >= 0.3 is 0 Å². The van der Waals surface area contributed by atoms with Crippen molar-refractivity contribution in [2.75, 3.05) is 27.2 Å². The number of hydrogen-bond donors (Lipinski definition) is 1. The molecule has 2 rings (SSSR count). The number of nitrogens with one attached hydrogen (secondary N) is 1. The van der Waals surface area contributed by atoms with Crippen molar-refractivity contribution in [3.8, 4) is 0 Å². The van der Waals surface area contributed by atoms with Crippen LogP contribution in [0, 0.1) is 0 Å². The molecule has 0 aliphatic carbocycles. The third kappa shape index (κ3) is 2.19. The van der Waals surface area contributed by atoms with Gasteiger partial charge in [-0.15, -0.1) is 0 Å². The molecule has 0 spiro atoms. The Labute approximate surface area is 91.5 Å². The van der Waals surface area contributed by atoms with Crippen molar-refractivity contribution in [3.63, 3.8) is 0 Å². The molecule has 3 heteroatoms. The molecule has 2 heterocycles. The van der Waals surface area contributed by atoms with Gasteiger partial charge in [0.05, 0.1) is 5.54 Å². The fourth-order valence-corrected chi connectivity index (χ4v) is 2.49. The normalized spacial score (nSPS) is 26.1. The van der Waals surface area contributed by atoms with Crippen LogP contribution >= 0.6 is 0 Å². The molecule has 1 aliphatic rings. The number of nitrogens with zero attached hydrogens (tertiary/aromatic N) is 2. The van der Waals surface area contributed by atoms with E-state index in [-0.39, 0.29) is 5.54 Å². The zero-order chi connectivity index (χ0) is 10.7. The van der Waals surface area contributed by atoms with Gasteiger partial charge in [0.25, 0.3) is 0 Å². The maximum Gasteiger partial charge on any atom is 0.0564 e. The standard InChI is InChI=1S/C12H19N3/c1-15(2)10-12(6-3-7-14-12)11-4-8-13-9-5-11/h4-5,8-9,14H,3,6-7,10H2,1-2H3. The van der Waals surface area contributed by atoms with Crippen molar-refractivity contribution in [2.45, 2.75) is 18.4 Å². The Kier molecular flexibility index (Phi) is 3.03. The second-order valence-electron chi connectivity index (χ2n) is 4.59. The van der Waals surface area contributed by atoms with Gasteiger partial charge in [-0.05, 0) is 51.2 Å². The predicted molar refractivity (Wildman–Crippen MR) is 61.7 cm³/mol. The van der Waals surface area contributed by atoms with Gasteiger partial charge < -0.3 is 10.2 Å².